The monoisotopic (exact) mass is 223 g/mol. The zero-order valence-electron chi connectivity index (χ0n) is 8.47. The summed E-state index contributed by atoms with van der Waals surface area (Å²) in [6.07, 6.45) is 1.15. The number of carbonyl (C=O) groups excluding carboxylic acids is 1. The van der Waals surface area contributed by atoms with Crippen LogP contribution < -0.4 is 5.30 Å². The van der Waals surface area contributed by atoms with Gasteiger partial charge in [0.1, 0.15) is 14.1 Å². The Kier molecular flexibility index (Phi) is 3.47. The Morgan fingerprint density at radius 3 is 2.33 bits per heavy atom. The number of nitrogens with zero attached hydrogens (tertiary/aromatic N) is 1. The summed E-state index contributed by atoms with van der Waals surface area (Å²) in [6, 6.07) is 9.66. The van der Waals surface area contributed by atoms with Gasteiger partial charge in [-0.05, 0) is 0 Å². The van der Waals surface area contributed by atoms with Gasteiger partial charge in [-0.2, -0.15) is 0 Å². The Balaban J connectivity index is 2.02. The lowest BCUT2D eigenvalue weighted by Crippen LogP contribution is -2.32. The average molecular weight is 223 g/mol. The molecule has 0 aromatic heterocycles. The van der Waals surface area contributed by atoms with Crippen LogP contribution in [0.3, 0.4) is 0 Å². The largest absolute Gasteiger partial charge is 0.356 e. The quantitative estimate of drug-likeness (QED) is 0.768. The Labute approximate surface area is 90.6 Å². The topological polar surface area (TPSA) is 40.5 Å². The molecule has 0 saturated carbocycles. The van der Waals surface area contributed by atoms with Crippen LogP contribution in [0.2, 0.25) is 0 Å². The van der Waals surface area contributed by atoms with Gasteiger partial charge in [-0.25, -0.2) is 0 Å². The standard InChI is InChI=1S/C11H14NO2P/c13-10-6-8-12(9-7-10)15(14)11-4-2-1-3-5-11/h1-5,14H,6-9H2. The van der Waals surface area contributed by atoms with Gasteiger partial charge in [-0.15, -0.1) is 0 Å². The lowest BCUT2D eigenvalue weighted by Gasteiger charge is -2.29. The predicted octanol–water partition coefficient (Wildman–Crippen LogP) is 1.28. The second kappa shape index (κ2) is 4.84. The Morgan fingerprint density at radius 1 is 1.13 bits per heavy atom. The van der Waals surface area contributed by atoms with Crippen molar-refractivity contribution in [1.29, 1.82) is 0 Å². The van der Waals surface area contributed by atoms with E-state index < -0.39 is 8.30 Å². The van der Waals surface area contributed by atoms with E-state index >= 15 is 0 Å². The third-order valence-electron chi connectivity index (χ3n) is 2.55. The van der Waals surface area contributed by atoms with E-state index in [2.05, 4.69) is 0 Å². The molecule has 15 heavy (non-hydrogen) atoms. The van der Waals surface area contributed by atoms with E-state index in [-0.39, 0.29) is 0 Å². The molecule has 1 aromatic carbocycles. The number of ketones is 1. The van der Waals surface area contributed by atoms with Gasteiger partial charge < -0.3 is 4.89 Å². The van der Waals surface area contributed by atoms with Gasteiger partial charge in [-0.3, -0.25) is 9.46 Å². The highest BCUT2D eigenvalue weighted by molar-refractivity contribution is 7.57. The van der Waals surface area contributed by atoms with Gasteiger partial charge >= 0.3 is 0 Å². The predicted molar refractivity (Wildman–Crippen MR) is 61.0 cm³/mol. The minimum atomic E-state index is -1.23. The molecular formula is C11H14NO2P. The first-order valence-corrected chi connectivity index (χ1v) is 6.33. The van der Waals surface area contributed by atoms with Gasteiger partial charge in [0.15, 0.2) is 0 Å². The number of Topliss-reactive ketones (excluding diaryl/α,β-unsaturated/α-hetero) is 1. The van der Waals surface area contributed by atoms with E-state index in [1.807, 2.05) is 35.0 Å². The number of piperidine rings is 1. The number of benzene rings is 1. The maximum absolute atomic E-state index is 11.1. The van der Waals surface area contributed by atoms with E-state index in [4.69, 9.17) is 0 Å². The van der Waals surface area contributed by atoms with E-state index in [9.17, 15) is 9.69 Å². The zero-order chi connectivity index (χ0) is 10.7. The van der Waals surface area contributed by atoms with E-state index in [1.165, 1.54) is 0 Å². The van der Waals surface area contributed by atoms with Crippen molar-refractivity contribution in [2.75, 3.05) is 13.1 Å². The lowest BCUT2D eigenvalue weighted by atomic mass is 10.1. The van der Waals surface area contributed by atoms with Crippen LogP contribution in [0.15, 0.2) is 30.3 Å². The molecule has 1 fully saturated rings. The summed E-state index contributed by atoms with van der Waals surface area (Å²) >= 11 is 0. The molecule has 4 heteroatoms. The van der Waals surface area contributed by atoms with Crippen molar-refractivity contribution in [2.45, 2.75) is 12.8 Å². The molecule has 0 aliphatic carbocycles. The summed E-state index contributed by atoms with van der Waals surface area (Å²) < 4.78 is 2.01. The summed E-state index contributed by atoms with van der Waals surface area (Å²) in [5.74, 6) is 0.308. The summed E-state index contributed by atoms with van der Waals surface area (Å²) in [6.45, 7) is 1.38. The minimum Gasteiger partial charge on any atom is -0.356 e. The van der Waals surface area contributed by atoms with Gasteiger partial charge in [0, 0.05) is 31.2 Å². The second-order valence-electron chi connectivity index (χ2n) is 3.62. The van der Waals surface area contributed by atoms with E-state index in [0.29, 0.717) is 31.7 Å². The van der Waals surface area contributed by atoms with E-state index in [1.54, 1.807) is 0 Å². The van der Waals surface area contributed by atoms with Crippen LogP contribution in [0.4, 0.5) is 0 Å². The molecule has 0 amide bonds. The molecule has 80 valence electrons. The van der Waals surface area contributed by atoms with Crippen LogP contribution in [0, 0.1) is 0 Å². The van der Waals surface area contributed by atoms with Crippen LogP contribution in [0.25, 0.3) is 0 Å². The molecule has 0 radical (unpaired) electrons. The first-order chi connectivity index (χ1) is 7.27. The maximum Gasteiger partial charge on any atom is 0.135 e. The second-order valence-corrected chi connectivity index (χ2v) is 5.28. The number of carbonyl (C=O) groups is 1. The fraction of sp³-hybridized carbons (Fsp3) is 0.364. The van der Waals surface area contributed by atoms with Gasteiger partial charge in [0.25, 0.3) is 0 Å². The fourth-order valence-corrected chi connectivity index (χ4v) is 3.00. The fourth-order valence-electron chi connectivity index (χ4n) is 1.66. The molecule has 1 atom stereocenters. The van der Waals surface area contributed by atoms with Crippen molar-refractivity contribution in [1.82, 2.24) is 4.67 Å². The third kappa shape index (κ3) is 2.63. The molecule has 1 saturated heterocycles. The molecule has 3 nitrogen and oxygen atoms in total. The van der Waals surface area contributed by atoms with Crippen LogP contribution in [-0.2, 0) is 4.79 Å². The first-order valence-electron chi connectivity index (χ1n) is 5.08. The van der Waals surface area contributed by atoms with Crippen molar-refractivity contribution < 1.29 is 9.69 Å². The van der Waals surface area contributed by atoms with Crippen LogP contribution in [-0.4, -0.2) is 28.4 Å². The molecule has 1 aliphatic rings. The van der Waals surface area contributed by atoms with Gasteiger partial charge in [0.2, 0.25) is 0 Å². The van der Waals surface area contributed by atoms with Crippen molar-refractivity contribution >= 4 is 19.4 Å². The van der Waals surface area contributed by atoms with Crippen LogP contribution in [0.1, 0.15) is 12.8 Å². The van der Waals surface area contributed by atoms with Crippen molar-refractivity contribution in [3.63, 3.8) is 0 Å². The zero-order valence-corrected chi connectivity index (χ0v) is 9.36. The molecule has 0 bridgehead atoms. The minimum absolute atomic E-state index is 0.308. The highest BCUT2D eigenvalue weighted by Gasteiger charge is 2.23. The highest BCUT2D eigenvalue weighted by Crippen LogP contribution is 2.35. The van der Waals surface area contributed by atoms with Crippen molar-refractivity contribution in [3.8, 4) is 0 Å². The summed E-state index contributed by atoms with van der Waals surface area (Å²) in [4.78, 5) is 21.2. The van der Waals surface area contributed by atoms with E-state index in [0.717, 1.165) is 5.30 Å². The van der Waals surface area contributed by atoms with Crippen LogP contribution in [0.5, 0.6) is 0 Å². The normalized spacial score (nSPS) is 20.2. The number of rotatable bonds is 2. The Hall–Kier alpha value is -0.760. The van der Waals surface area contributed by atoms with Gasteiger partial charge in [0.05, 0.1) is 0 Å². The smallest absolute Gasteiger partial charge is 0.135 e. The molecule has 1 N–H and O–H groups in total. The molecule has 1 heterocycles. The molecule has 1 unspecified atom stereocenters. The summed E-state index contributed by atoms with van der Waals surface area (Å²) in [7, 11) is -1.23. The molecule has 2 rings (SSSR count). The molecule has 0 spiro atoms. The number of hydrogen-bond donors (Lipinski definition) is 1. The van der Waals surface area contributed by atoms with Crippen molar-refractivity contribution in [3.05, 3.63) is 30.3 Å². The Morgan fingerprint density at radius 2 is 1.73 bits per heavy atom. The summed E-state index contributed by atoms with van der Waals surface area (Å²) in [5.41, 5.74) is 0. The molecular weight excluding hydrogens is 209 g/mol. The van der Waals surface area contributed by atoms with Gasteiger partial charge in [-0.1, -0.05) is 30.3 Å². The third-order valence-corrected chi connectivity index (χ3v) is 4.25. The Bertz CT molecular complexity index is 332. The maximum atomic E-state index is 11.1. The average Bonchev–Trinajstić information content (AvgIpc) is 2.30. The molecule has 1 aliphatic heterocycles. The molecule has 1 aromatic rings. The SMILES string of the molecule is O=C1CCN(P(O)c2ccccc2)CC1. The van der Waals surface area contributed by atoms with Crippen LogP contribution >= 0.6 is 8.30 Å². The number of hydrogen-bond acceptors (Lipinski definition) is 3. The summed E-state index contributed by atoms with van der Waals surface area (Å²) in [5, 5.41) is 0.960. The lowest BCUT2D eigenvalue weighted by molar-refractivity contribution is -0.120. The van der Waals surface area contributed by atoms with Crippen molar-refractivity contribution in [2.24, 2.45) is 0 Å². The first kappa shape index (κ1) is 10.7. The highest BCUT2D eigenvalue weighted by atomic mass is 31.2.